The number of nitrogens with two attached hydrogens (primary N) is 1. The zero-order chi connectivity index (χ0) is 18.4. The van der Waals surface area contributed by atoms with Crippen LogP contribution < -0.4 is 21.3 Å². The Kier molecular flexibility index (Phi) is 5.72. The van der Waals surface area contributed by atoms with Crippen LogP contribution in [0.5, 0.6) is 0 Å². The minimum Gasteiger partial charge on any atom is -0.481 e. The number of ether oxygens (including phenoxy) is 1. The van der Waals surface area contributed by atoms with Crippen molar-refractivity contribution in [3.63, 3.8) is 0 Å². The second kappa shape index (κ2) is 7.95. The first-order valence-electron chi connectivity index (χ1n) is 7.47. The molecule has 0 saturated heterocycles. The van der Waals surface area contributed by atoms with Gasteiger partial charge in [-0.05, 0) is 6.07 Å². The highest BCUT2D eigenvalue weighted by Crippen LogP contribution is 2.16. The van der Waals surface area contributed by atoms with E-state index in [1.165, 1.54) is 19.4 Å². The number of urea groups is 1. The highest BCUT2D eigenvalue weighted by molar-refractivity contribution is 5.97. The van der Waals surface area contributed by atoms with Crippen molar-refractivity contribution in [1.29, 1.82) is 5.41 Å². The summed E-state index contributed by atoms with van der Waals surface area (Å²) in [5, 5.41) is 12.9. The van der Waals surface area contributed by atoms with Crippen molar-refractivity contribution in [3.05, 3.63) is 41.7 Å². The van der Waals surface area contributed by atoms with E-state index in [0.717, 1.165) is 11.4 Å². The van der Waals surface area contributed by atoms with Crippen molar-refractivity contribution in [3.8, 4) is 0 Å². The summed E-state index contributed by atoms with van der Waals surface area (Å²) in [5.74, 6) is 0.975. The molecule has 0 atom stereocenters. The van der Waals surface area contributed by atoms with E-state index >= 15 is 0 Å². The molecule has 0 bridgehead atoms. The number of hydrogen-bond acceptors (Lipinski definition) is 7. The van der Waals surface area contributed by atoms with E-state index in [1.807, 2.05) is 31.1 Å². The van der Waals surface area contributed by atoms with E-state index in [2.05, 4.69) is 20.6 Å². The Bertz CT molecular complexity index is 777. The molecular weight excluding hydrogens is 322 g/mol. The van der Waals surface area contributed by atoms with Gasteiger partial charge in [0.25, 0.3) is 0 Å². The van der Waals surface area contributed by atoms with E-state index in [-0.39, 0.29) is 11.7 Å². The number of aromatic nitrogens is 2. The predicted molar refractivity (Wildman–Crippen MR) is 96.9 cm³/mol. The molecule has 0 aliphatic carbocycles. The zero-order valence-corrected chi connectivity index (χ0v) is 14.3. The number of nitrogens with zero attached hydrogens (tertiary/aromatic N) is 3. The van der Waals surface area contributed by atoms with Crippen LogP contribution in [0.15, 0.2) is 30.6 Å². The van der Waals surface area contributed by atoms with Gasteiger partial charge in [0.1, 0.15) is 11.6 Å². The number of rotatable bonds is 5. The molecule has 2 heterocycles. The van der Waals surface area contributed by atoms with Gasteiger partial charge in [-0.25, -0.2) is 14.8 Å². The molecule has 0 aromatic carbocycles. The summed E-state index contributed by atoms with van der Waals surface area (Å²) in [7, 11) is 5.15. The van der Waals surface area contributed by atoms with Gasteiger partial charge in [0.05, 0.1) is 12.7 Å². The molecule has 0 spiro atoms. The Labute approximate surface area is 145 Å². The van der Waals surface area contributed by atoms with Crippen LogP contribution in [0.2, 0.25) is 0 Å². The molecule has 0 radical (unpaired) electrons. The zero-order valence-electron chi connectivity index (χ0n) is 14.3. The quantitative estimate of drug-likeness (QED) is 0.480. The maximum atomic E-state index is 12.0. The largest absolute Gasteiger partial charge is 0.481 e. The number of amides is 2. The maximum Gasteiger partial charge on any atom is 0.320 e. The van der Waals surface area contributed by atoms with Gasteiger partial charge >= 0.3 is 6.03 Å². The Morgan fingerprint density at radius 3 is 2.80 bits per heavy atom. The molecular formula is C16H21N7O2. The average Bonchev–Trinajstić information content (AvgIpc) is 2.59. The highest BCUT2D eigenvalue weighted by Gasteiger charge is 2.11. The smallest absolute Gasteiger partial charge is 0.320 e. The second-order valence-electron chi connectivity index (χ2n) is 5.38. The third kappa shape index (κ3) is 4.56. The van der Waals surface area contributed by atoms with Crippen LogP contribution in [0.1, 0.15) is 11.1 Å². The van der Waals surface area contributed by atoms with Gasteiger partial charge in [-0.1, -0.05) is 6.07 Å². The first-order chi connectivity index (χ1) is 11.9. The summed E-state index contributed by atoms with van der Waals surface area (Å²) in [5.41, 5.74) is 7.39. The number of anilines is 3. The Balaban J connectivity index is 1.99. The van der Waals surface area contributed by atoms with Gasteiger partial charge in [0.2, 0.25) is 5.90 Å². The molecule has 0 fully saturated rings. The van der Waals surface area contributed by atoms with Crippen molar-refractivity contribution in [2.24, 2.45) is 0 Å². The minimum atomic E-state index is -0.421. The van der Waals surface area contributed by atoms with Gasteiger partial charge in [-0.2, -0.15) is 0 Å². The van der Waals surface area contributed by atoms with Crippen LogP contribution >= 0.6 is 0 Å². The molecule has 2 amide bonds. The first-order valence-corrected chi connectivity index (χ1v) is 7.47. The van der Waals surface area contributed by atoms with Crippen LogP contribution in [-0.4, -0.2) is 43.1 Å². The average molecular weight is 343 g/mol. The summed E-state index contributed by atoms with van der Waals surface area (Å²) >= 11 is 0. The Hall–Kier alpha value is -3.36. The first kappa shape index (κ1) is 18.0. The number of methoxy groups -OCH3 is 1. The number of carbonyl (C=O) groups is 1. The van der Waals surface area contributed by atoms with Crippen molar-refractivity contribution >= 4 is 29.3 Å². The van der Waals surface area contributed by atoms with E-state index in [1.54, 1.807) is 6.20 Å². The van der Waals surface area contributed by atoms with Crippen molar-refractivity contribution in [2.45, 2.75) is 6.54 Å². The molecule has 0 aliphatic heterocycles. The lowest BCUT2D eigenvalue weighted by Crippen LogP contribution is -2.29. The molecule has 9 nitrogen and oxygen atoms in total. The fourth-order valence-electron chi connectivity index (χ4n) is 2.15. The van der Waals surface area contributed by atoms with Crippen molar-refractivity contribution in [1.82, 2.24) is 15.3 Å². The van der Waals surface area contributed by atoms with E-state index in [0.29, 0.717) is 17.8 Å². The fourth-order valence-corrected chi connectivity index (χ4v) is 2.15. The molecule has 9 heteroatoms. The van der Waals surface area contributed by atoms with Gasteiger partial charge in [-0.15, -0.1) is 0 Å². The van der Waals surface area contributed by atoms with Crippen LogP contribution in [0.25, 0.3) is 0 Å². The number of nitrogens with one attached hydrogen (secondary N) is 3. The summed E-state index contributed by atoms with van der Waals surface area (Å²) in [4.78, 5) is 22.3. The summed E-state index contributed by atoms with van der Waals surface area (Å²) in [6, 6.07) is 4.75. The topological polar surface area (TPSA) is 129 Å². The summed E-state index contributed by atoms with van der Waals surface area (Å²) in [6.07, 6.45) is 3.08. The van der Waals surface area contributed by atoms with Gasteiger partial charge in [0, 0.05) is 50.4 Å². The number of hydrogen-bond donors (Lipinski definition) is 4. The number of nitrogen functional groups attached to an aromatic ring is 1. The van der Waals surface area contributed by atoms with Crippen LogP contribution in [0.3, 0.4) is 0 Å². The molecule has 5 N–H and O–H groups in total. The highest BCUT2D eigenvalue weighted by atomic mass is 16.5. The van der Waals surface area contributed by atoms with Crippen molar-refractivity contribution in [2.75, 3.05) is 37.2 Å². The molecule has 2 aromatic rings. The lowest BCUT2D eigenvalue weighted by Gasteiger charge is -2.16. The van der Waals surface area contributed by atoms with E-state index in [4.69, 9.17) is 15.9 Å². The van der Waals surface area contributed by atoms with Crippen LogP contribution in [-0.2, 0) is 11.3 Å². The molecule has 0 unspecified atom stereocenters. The second-order valence-corrected chi connectivity index (χ2v) is 5.38. The Morgan fingerprint density at radius 1 is 1.40 bits per heavy atom. The SMILES string of the molecule is COC(=N)c1cnc(NC(=O)NCc2cccnc2N(C)C)cc1N. The van der Waals surface area contributed by atoms with Crippen LogP contribution in [0.4, 0.5) is 22.1 Å². The molecule has 0 aliphatic rings. The molecule has 0 saturated carbocycles. The Morgan fingerprint density at radius 2 is 2.16 bits per heavy atom. The van der Waals surface area contributed by atoms with Crippen molar-refractivity contribution < 1.29 is 9.53 Å². The maximum absolute atomic E-state index is 12.0. The minimum absolute atomic E-state index is 0.0891. The molecule has 132 valence electrons. The third-order valence-electron chi connectivity index (χ3n) is 3.36. The van der Waals surface area contributed by atoms with Gasteiger partial charge < -0.3 is 20.7 Å². The monoisotopic (exact) mass is 343 g/mol. The van der Waals surface area contributed by atoms with Crippen LogP contribution in [0, 0.1) is 5.41 Å². The summed E-state index contributed by atoms with van der Waals surface area (Å²) in [6.45, 7) is 0.315. The lowest BCUT2D eigenvalue weighted by molar-refractivity contribution is 0.251. The lowest BCUT2D eigenvalue weighted by atomic mass is 10.2. The molecule has 25 heavy (non-hydrogen) atoms. The number of pyridine rings is 2. The molecule has 2 rings (SSSR count). The van der Waals surface area contributed by atoms with Gasteiger partial charge in [-0.3, -0.25) is 10.7 Å². The number of carbonyl (C=O) groups excluding carboxylic acids is 1. The van der Waals surface area contributed by atoms with E-state index in [9.17, 15) is 4.79 Å². The fraction of sp³-hybridized carbons (Fsp3) is 0.250. The van der Waals surface area contributed by atoms with Gasteiger partial charge in [0.15, 0.2) is 0 Å². The third-order valence-corrected chi connectivity index (χ3v) is 3.36. The standard InChI is InChI=1S/C16H21N7O2/c1-23(2)15-10(5-4-6-19-15)8-21-16(24)22-13-7-12(17)11(9-20-13)14(18)25-3/h4-7,9,18H,8H2,1-3H3,(H4,17,20,21,22,24). The predicted octanol–water partition coefficient (Wildman–Crippen LogP) is 1.42. The summed E-state index contributed by atoms with van der Waals surface area (Å²) < 4.78 is 4.81. The molecule has 2 aromatic heterocycles. The van der Waals surface area contributed by atoms with E-state index < -0.39 is 6.03 Å². The normalized spacial score (nSPS) is 10.0.